The second-order valence-electron chi connectivity index (χ2n) is 6.33. The number of sulfonamides is 1. The van der Waals surface area contributed by atoms with Crippen molar-refractivity contribution in [2.45, 2.75) is 24.2 Å². The molecular formula is C15H16N2O4S2. The lowest BCUT2D eigenvalue weighted by atomic mass is 9.81. The van der Waals surface area contributed by atoms with Crippen LogP contribution in [0.2, 0.25) is 0 Å². The molecule has 4 rings (SSSR count). The second-order valence-corrected chi connectivity index (χ2v) is 9.15. The highest BCUT2D eigenvalue weighted by Crippen LogP contribution is 2.50. The molecule has 8 heteroatoms. The molecule has 0 bridgehead atoms. The first kappa shape index (κ1) is 15.0. The Hall–Kier alpha value is -1.51. The standard InChI is InChI=1S/C15H16N2O4S2/c18-14(19)15-5-1-2-10(15)7-17(8-15)23(20,21)11-3-4-12-13(6-11)22-9-16-12/h3-4,6,9-10H,1-2,5,7-8H2,(H,18,19)/t10-,15+/m0/s1. The molecule has 2 fully saturated rings. The van der Waals surface area contributed by atoms with Crippen molar-refractivity contribution in [1.29, 1.82) is 0 Å². The van der Waals surface area contributed by atoms with Crippen LogP contribution in [-0.4, -0.2) is 41.9 Å². The number of fused-ring (bicyclic) bond motifs is 2. The summed E-state index contributed by atoms with van der Waals surface area (Å²) in [6.07, 6.45) is 2.21. The molecule has 0 radical (unpaired) electrons. The fourth-order valence-electron chi connectivity index (χ4n) is 3.92. The number of hydrogen-bond donors (Lipinski definition) is 1. The molecule has 23 heavy (non-hydrogen) atoms. The normalized spacial score (nSPS) is 28.3. The maximum Gasteiger partial charge on any atom is 0.311 e. The Morgan fingerprint density at radius 3 is 3.00 bits per heavy atom. The molecule has 2 atom stereocenters. The summed E-state index contributed by atoms with van der Waals surface area (Å²) in [7, 11) is -3.67. The van der Waals surface area contributed by atoms with Crippen LogP contribution in [0, 0.1) is 11.3 Å². The van der Waals surface area contributed by atoms with Crippen LogP contribution in [0.25, 0.3) is 10.2 Å². The lowest BCUT2D eigenvalue weighted by molar-refractivity contribution is -0.149. The minimum absolute atomic E-state index is 0.0794. The van der Waals surface area contributed by atoms with E-state index < -0.39 is 21.4 Å². The molecule has 2 aliphatic rings. The summed E-state index contributed by atoms with van der Waals surface area (Å²) >= 11 is 1.39. The fraction of sp³-hybridized carbons (Fsp3) is 0.467. The van der Waals surface area contributed by atoms with Gasteiger partial charge in [-0.1, -0.05) is 6.42 Å². The third-order valence-electron chi connectivity index (χ3n) is 5.21. The van der Waals surface area contributed by atoms with E-state index in [0.29, 0.717) is 13.0 Å². The lowest BCUT2D eigenvalue weighted by Gasteiger charge is -2.23. The van der Waals surface area contributed by atoms with Gasteiger partial charge in [-0.05, 0) is 37.0 Å². The molecule has 1 aromatic carbocycles. The predicted molar refractivity (Wildman–Crippen MR) is 85.8 cm³/mol. The van der Waals surface area contributed by atoms with Crippen LogP contribution in [0.3, 0.4) is 0 Å². The Morgan fingerprint density at radius 1 is 1.43 bits per heavy atom. The smallest absolute Gasteiger partial charge is 0.311 e. The van der Waals surface area contributed by atoms with Crippen LogP contribution in [0.15, 0.2) is 28.6 Å². The van der Waals surface area contributed by atoms with Gasteiger partial charge in [0.15, 0.2) is 0 Å². The van der Waals surface area contributed by atoms with Gasteiger partial charge >= 0.3 is 5.97 Å². The van der Waals surface area contributed by atoms with Crippen LogP contribution in [0.5, 0.6) is 0 Å². The summed E-state index contributed by atoms with van der Waals surface area (Å²) in [6, 6.07) is 4.88. The maximum absolute atomic E-state index is 12.9. The lowest BCUT2D eigenvalue weighted by Crippen LogP contribution is -2.37. The second kappa shape index (κ2) is 4.99. The van der Waals surface area contributed by atoms with Crippen LogP contribution in [-0.2, 0) is 14.8 Å². The van der Waals surface area contributed by atoms with Crippen LogP contribution in [0.1, 0.15) is 19.3 Å². The van der Waals surface area contributed by atoms with Crippen LogP contribution < -0.4 is 0 Å². The van der Waals surface area contributed by atoms with E-state index in [-0.39, 0.29) is 17.4 Å². The number of carboxylic acids is 1. The van der Waals surface area contributed by atoms with Crippen molar-refractivity contribution in [3.8, 4) is 0 Å². The SMILES string of the molecule is O=C(O)[C@@]12CCC[C@H]1CN(S(=O)(=O)c1ccc3ncsc3c1)C2. The number of thiazole rings is 1. The average molecular weight is 352 g/mol. The third-order valence-corrected chi connectivity index (χ3v) is 7.81. The zero-order chi connectivity index (χ0) is 16.2. The average Bonchev–Trinajstić information content (AvgIpc) is 3.19. The van der Waals surface area contributed by atoms with Gasteiger partial charge in [-0.15, -0.1) is 11.3 Å². The molecule has 1 aliphatic heterocycles. The van der Waals surface area contributed by atoms with E-state index >= 15 is 0 Å². The van der Waals surface area contributed by atoms with E-state index in [1.807, 2.05) is 0 Å². The van der Waals surface area contributed by atoms with Crippen molar-refractivity contribution < 1.29 is 18.3 Å². The Balaban J connectivity index is 1.71. The highest BCUT2D eigenvalue weighted by molar-refractivity contribution is 7.89. The zero-order valence-electron chi connectivity index (χ0n) is 12.3. The molecular weight excluding hydrogens is 336 g/mol. The summed E-state index contributed by atoms with van der Waals surface area (Å²) in [5.41, 5.74) is 1.55. The molecule has 0 unspecified atom stereocenters. The molecule has 1 saturated heterocycles. The number of carboxylic acid groups (broad SMARTS) is 1. The van der Waals surface area contributed by atoms with Crippen molar-refractivity contribution in [3.05, 3.63) is 23.7 Å². The third kappa shape index (κ3) is 2.12. The predicted octanol–water partition coefficient (Wildman–Crippen LogP) is 2.17. The highest BCUT2D eigenvalue weighted by Gasteiger charge is 2.57. The first-order valence-corrected chi connectivity index (χ1v) is 9.82. The molecule has 2 aromatic rings. The summed E-state index contributed by atoms with van der Waals surface area (Å²) in [6.45, 7) is 0.380. The van der Waals surface area contributed by atoms with E-state index in [2.05, 4.69) is 4.98 Å². The number of aromatic nitrogens is 1. The van der Waals surface area contributed by atoms with Gasteiger partial charge in [0.1, 0.15) is 0 Å². The topological polar surface area (TPSA) is 87.6 Å². The van der Waals surface area contributed by atoms with Gasteiger partial charge in [-0.25, -0.2) is 13.4 Å². The van der Waals surface area contributed by atoms with Gasteiger partial charge in [0.2, 0.25) is 10.0 Å². The van der Waals surface area contributed by atoms with E-state index in [9.17, 15) is 18.3 Å². The molecule has 2 heterocycles. The van der Waals surface area contributed by atoms with Crippen LogP contribution in [0.4, 0.5) is 0 Å². The molecule has 1 N–H and O–H groups in total. The van der Waals surface area contributed by atoms with Gasteiger partial charge in [0, 0.05) is 13.1 Å². The number of nitrogens with zero attached hydrogens (tertiary/aromatic N) is 2. The fourth-order valence-corrected chi connectivity index (χ4v) is 6.29. The molecule has 6 nitrogen and oxygen atoms in total. The van der Waals surface area contributed by atoms with Gasteiger partial charge in [-0.2, -0.15) is 4.31 Å². The van der Waals surface area contributed by atoms with Crippen molar-refractivity contribution in [1.82, 2.24) is 9.29 Å². The van der Waals surface area contributed by atoms with Crippen LogP contribution >= 0.6 is 11.3 Å². The quantitative estimate of drug-likeness (QED) is 0.915. The Labute approximate surface area is 137 Å². The zero-order valence-corrected chi connectivity index (χ0v) is 13.9. The highest BCUT2D eigenvalue weighted by atomic mass is 32.2. The summed E-state index contributed by atoms with van der Waals surface area (Å²) in [4.78, 5) is 16.1. The summed E-state index contributed by atoms with van der Waals surface area (Å²) in [5, 5.41) is 9.61. The number of hydrogen-bond acceptors (Lipinski definition) is 5. The molecule has 0 amide bonds. The van der Waals surface area contributed by atoms with Crippen molar-refractivity contribution in [2.75, 3.05) is 13.1 Å². The van der Waals surface area contributed by atoms with Crippen molar-refractivity contribution in [2.24, 2.45) is 11.3 Å². The van der Waals surface area contributed by atoms with Gasteiger partial charge in [-0.3, -0.25) is 4.79 Å². The van der Waals surface area contributed by atoms with E-state index in [1.165, 1.54) is 15.6 Å². The number of carbonyl (C=O) groups is 1. The Bertz CT molecular complexity index is 892. The molecule has 0 spiro atoms. The molecule has 1 saturated carbocycles. The molecule has 1 aliphatic carbocycles. The van der Waals surface area contributed by atoms with Gasteiger partial charge in [0.05, 0.1) is 26.0 Å². The van der Waals surface area contributed by atoms with E-state index in [1.54, 1.807) is 23.7 Å². The van der Waals surface area contributed by atoms with E-state index in [0.717, 1.165) is 23.1 Å². The first-order valence-electron chi connectivity index (χ1n) is 7.50. The number of aliphatic carboxylic acids is 1. The van der Waals surface area contributed by atoms with Crippen molar-refractivity contribution >= 4 is 37.5 Å². The van der Waals surface area contributed by atoms with E-state index in [4.69, 9.17) is 0 Å². The largest absolute Gasteiger partial charge is 0.481 e. The number of benzene rings is 1. The maximum atomic E-state index is 12.9. The first-order chi connectivity index (χ1) is 10.9. The van der Waals surface area contributed by atoms with Crippen molar-refractivity contribution in [3.63, 3.8) is 0 Å². The minimum atomic E-state index is -3.67. The Kier molecular flexibility index (Phi) is 3.26. The molecule has 1 aromatic heterocycles. The number of rotatable bonds is 3. The summed E-state index contributed by atoms with van der Waals surface area (Å²) < 4.78 is 28.0. The van der Waals surface area contributed by atoms with Gasteiger partial charge < -0.3 is 5.11 Å². The monoisotopic (exact) mass is 352 g/mol. The van der Waals surface area contributed by atoms with Gasteiger partial charge in [0.25, 0.3) is 0 Å². The summed E-state index contributed by atoms with van der Waals surface area (Å²) in [5.74, 6) is -0.947. The molecule has 122 valence electrons. The minimum Gasteiger partial charge on any atom is -0.481 e. The Morgan fingerprint density at radius 2 is 2.26 bits per heavy atom.